The van der Waals surface area contributed by atoms with E-state index in [2.05, 4.69) is 41.4 Å². The number of guanidine groups is 1. The van der Waals surface area contributed by atoms with E-state index in [1.807, 2.05) is 42.4 Å². The average Bonchev–Trinajstić information content (AvgIpc) is 3.02. The van der Waals surface area contributed by atoms with Gasteiger partial charge in [-0.25, -0.2) is 4.99 Å². The summed E-state index contributed by atoms with van der Waals surface area (Å²) in [5.74, 6) is 1.45. The van der Waals surface area contributed by atoms with Crippen molar-refractivity contribution in [3.05, 3.63) is 84.2 Å². The van der Waals surface area contributed by atoms with Gasteiger partial charge >= 0.3 is 0 Å². The van der Waals surface area contributed by atoms with Crippen molar-refractivity contribution < 1.29 is 4.74 Å². The van der Waals surface area contributed by atoms with Crippen LogP contribution in [0.1, 0.15) is 23.7 Å². The molecule has 0 amide bonds. The molecule has 2 unspecified atom stereocenters. The summed E-state index contributed by atoms with van der Waals surface area (Å²) >= 11 is 0. The van der Waals surface area contributed by atoms with Crippen LogP contribution in [0.4, 0.5) is 0 Å². The first-order valence-electron chi connectivity index (χ1n) is 9.48. The normalized spacial score (nSPS) is 23.2. The number of aromatic nitrogens is 1. The minimum atomic E-state index is -0.412. The highest BCUT2D eigenvalue weighted by Crippen LogP contribution is 2.49. The maximum atomic E-state index is 6.42. The summed E-state index contributed by atoms with van der Waals surface area (Å²) in [5, 5.41) is 0. The minimum absolute atomic E-state index is 0.0546. The van der Waals surface area contributed by atoms with Crippen LogP contribution in [-0.2, 0) is 5.54 Å². The molecule has 2 atom stereocenters. The Morgan fingerprint density at radius 2 is 1.93 bits per heavy atom. The molecule has 0 saturated carbocycles. The van der Waals surface area contributed by atoms with E-state index in [1.54, 1.807) is 6.20 Å². The molecule has 5 rings (SSSR count). The molecule has 0 bridgehead atoms. The maximum absolute atomic E-state index is 6.42. The smallest absolute Gasteiger partial charge is 0.192 e. The molecule has 2 aliphatic heterocycles. The summed E-state index contributed by atoms with van der Waals surface area (Å²) in [6.07, 6.45) is 4.36. The zero-order chi connectivity index (χ0) is 19.1. The lowest BCUT2D eigenvalue weighted by Crippen LogP contribution is -2.38. The number of likely N-dealkylation sites (N-methyl/N-ethyl adjacent to an activating group) is 1. The second-order valence-electron chi connectivity index (χ2n) is 7.53. The summed E-state index contributed by atoms with van der Waals surface area (Å²) in [6.45, 7) is 0.745. The summed E-state index contributed by atoms with van der Waals surface area (Å²) in [4.78, 5) is 11.2. The number of nitrogens with zero attached hydrogens (tertiary/aromatic N) is 3. The minimum Gasteiger partial charge on any atom is -0.485 e. The molecule has 2 aliphatic rings. The van der Waals surface area contributed by atoms with E-state index in [0.29, 0.717) is 5.96 Å². The first-order chi connectivity index (χ1) is 13.6. The molecule has 28 heavy (non-hydrogen) atoms. The Kier molecular flexibility index (Phi) is 3.83. The van der Waals surface area contributed by atoms with E-state index in [9.17, 15) is 0 Å². The van der Waals surface area contributed by atoms with Gasteiger partial charge < -0.3 is 15.4 Å². The third-order valence-corrected chi connectivity index (χ3v) is 5.66. The topological polar surface area (TPSA) is 63.7 Å². The van der Waals surface area contributed by atoms with Gasteiger partial charge in [0, 0.05) is 37.0 Å². The molecule has 1 aromatic heterocycles. The van der Waals surface area contributed by atoms with Crippen molar-refractivity contribution >= 4 is 5.96 Å². The predicted molar refractivity (Wildman–Crippen MR) is 110 cm³/mol. The molecule has 2 aromatic carbocycles. The third kappa shape index (κ3) is 2.71. The van der Waals surface area contributed by atoms with Crippen molar-refractivity contribution in [3.8, 4) is 16.9 Å². The number of rotatable bonds is 2. The van der Waals surface area contributed by atoms with E-state index >= 15 is 0 Å². The van der Waals surface area contributed by atoms with Gasteiger partial charge in [0.2, 0.25) is 0 Å². The van der Waals surface area contributed by atoms with Gasteiger partial charge in [-0.2, -0.15) is 0 Å². The Bertz CT molecular complexity index is 1030. The number of hydrogen-bond acceptors (Lipinski definition) is 5. The third-order valence-electron chi connectivity index (χ3n) is 5.66. The van der Waals surface area contributed by atoms with Gasteiger partial charge in [0.15, 0.2) is 5.96 Å². The van der Waals surface area contributed by atoms with E-state index < -0.39 is 5.54 Å². The number of fused-ring (bicyclic) bond motifs is 2. The van der Waals surface area contributed by atoms with Gasteiger partial charge in [0.25, 0.3) is 0 Å². The maximum Gasteiger partial charge on any atom is 0.192 e. The lowest BCUT2D eigenvalue weighted by Gasteiger charge is -2.38. The number of benzene rings is 2. The van der Waals surface area contributed by atoms with Gasteiger partial charge in [-0.1, -0.05) is 42.5 Å². The molecule has 0 radical (unpaired) electrons. The lowest BCUT2D eigenvalue weighted by atomic mass is 9.80. The molecule has 5 heteroatoms. The summed E-state index contributed by atoms with van der Waals surface area (Å²) in [5.41, 5.74) is 10.2. The summed E-state index contributed by atoms with van der Waals surface area (Å²) < 4.78 is 6.42. The number of ether oxygens (including phenoxy) is 1. The molecule has 5 nitrogen and oxygen atoms in total. The second kappa shape index (κ2) is 6.37. The standard InChI is InChI=1S/C23H22N4O/c1-27-15-23(26-22(27)24)13-21(16-6-3-2-4-7-16)28-20-10-9-17(12-19(20)23)18-8-5-11-25-14-18/h2-12,14,21H,13,15H2,1H3,(H2,24,26). The highest BCUT2D eigenvalue weighted by Gasteiger charge is 2.46. The SMILES string of the molecule is CN1CC2(CC(c3ccccc3)Oc3ccc(-c4cccnc4)cc32)N=C1N. The molecule has 2 N–H and O–H groups in total. The molecule has 1 spiro atoms. The zero-order valence-corrected chi connectivity index (χ0v) is 15.7. The Balaban J connectivity index is 1.64. The number of pyridine rings is 1. The van der Waals surface area contributed by atoms with Crippen LogP contribution in [0.5, 0.6) is 5.75 Å². The second-order valence-corrected chi connectivity index (χ2v) is 7.53. The fourth-order valence-electron chi connectivity index (χ4n) is 4.24. The van der Waals surface area contributed by atoms with Crippen LogP contribution in [0, 0.1) is 0 Å². The fourth-order valence-corrected chi connectivity index (χ4v) is 4.24. The van der Waals surface area contributed by atoms with Crippen LogP contribution in [-0.4, -0.2) is 29.4 Å². The van der Waals surface area contributed by atoms with Gasteiger partial charge in [-0.15, -0.1) is 0 Å². The van der Waals surface area contributed by atoms with E-state index in [4.69, 9.17) is 15.5 Å². The monoisotopic (exact) mass is 370 g/mol. The number of aliphatic imine (C=N–C) groups is 1. The molecule has 3 heterocycles. The van der Waals surface area contributed by atoms with Crippen LogP contribution in [0.15, 0.2) is 78.0 Å². The van der Waals surface area contributed by atoms with E-state index in [-0.39, 0.29) is 6.10 Å². The van der Waals surface area contributed by atoms with Crippen molar-refractivity contribution in [2.75, 3.05) is 13.6 Å². The van der Waals surface area contributed by atoms with Crippen LogP contribution in [0.25, 0.3) is 11.1 Å². The van der Waals surface area contributed by atoms with Gasteiger partial charge in [0.1, 0.15) is 17.4 Å². The number of hydrogen-bond donors (Lipinski definition) is 1. The van der Waals surface area contributed by atoms with Crippen molar-refractivity contribution in [2.45, 2.75) is 18.1 Å². The Morgan fingerprint density at radius 1 is 1.07 bits per heavy atom. The Morgan fingerprint density at radius 3 is 2.64 bits per heavy atom. The Hall–Kier alpha value is -3.34. The largest absolute Gasteiger partial charge is 0.485 e. The van der Waals surface area contributed by atoms with Crippen LogP contribution in [0.2, 0.25) is 0 Å². The zero-order valence-electron chi connectivity index (χ0n) is 15.7. The summed E-state index contributed by atoms with van der Waals surface area (Å²) in [6, 6.07) is 20.7. The van der Waals surface area contributed by atoms with Crippen LogP contribution >= 0.6 is 0 Å². The number of nitrogens with two attached hydrogens (primary N) is 1. The lowest BCUT2D eigenvalue weighted by molar-refractivity contribution is 0.123. The molecular weight excluding hydrogens is 348 g/mol. The molecule has 0 fully saturated rings. The highest BCUT2D eigenvalue weighted by molar-refractivity contribution is 5.81. The molecule has 3 aromatic rings. The van der Waals surface area contributed by atoms with Crippen LogP contribution in [0.3, 0.4) is 0 Å². The first-order valence-corrected chi connectivity index (χ1v) is 9.48. The quantitative estimate of drug-likeness (QED) is 0.747. The first kappa shape index (κ1) is 16.8. The molecule has 0 aliphatic carbocycles. The average molecular weight is 370 g/mol. The predicted octanol–water partition coefficient (Wildman–Crippen LogP) is 3.73. The molecule has 0 saturated heterocycles. The van der Waals surface area contributed by atoms with Gasteiger partial charge in [-0.3, -0.25) is 4.98 Å². The molecular formula is C23H22N4O. The van der Waals surface area contributed by atoms with Crippen molar-refractivity contribution in [3.63, 3.8) is 0 Å². The van der Waals surface area contributed by atoms with Crippen molar-refractivity contribution in [2.24, 2.45) is 10.7 Å². The van der Waals surface area contributed by atoms with Gasteiger partial charge in [-0.05, 0) is 29.3 Å². The van der Waals surface area contributed by atoms with E-state index in [1.165, 1.54) is 0 Å². The Labute approximate surface area is 164 Å². The van der Waals surface area contributed by atoms with Crippen LogP contribution < -0.4 is 10.5 Å². The van der Waals surface area contributed by atoms with E-state index in [0.717, 1.165) is 41.0 Å². The van der Waals surface area contributed by atoms with Crippen molar-refractivity contribution in [1.82, 2.24) is 9.88 Å². The summed E-state index contributed by atoms with van der Waals surface area (Å²) in [7, 11) is 1.99. The van der Waals surface area contributed by atoms with Gasteiger partial charge in [0.05, 0.1) is 6.54 Å². The highest BCUT2D eigenvalue weighted by atomic mass is 16.5. The molecule has 140 valence electrons. The fraction of sp³-hybridized carbons (Fsp3) is 0.217. The van der Waals surface area contributed by atoms with Crippen molar-refractivity contribution in [1.29, 1.82) is 0 Å².